The Morgan fingerprint density at radius 1 is 0.614 bits per heavy atom. The molecule has 0 amide bonds. The molecule has 0 saturated heterocycles. The highest BCUT2D eigenvalue weighted by Crippen LogP contribution is 2.46. The van der Waals surface area contributed by atoms with Crippen molar-refractivity contribution in [2.24, 2.45) is 0 Å². The number of carbonyl (C=O) groups is 2. The zero-order valence-electron chi connectivity index (χ0n) is 22.0. The van der Waals surface area contributed by atoms with Crippen molar-refractivity contribution in [3.63, 3.8) is 0 Å². The van der Waals surface area contributed by atoms with Gasteiger partial charge in [-0.25, -0.2) is 9.59 Å². The van der Waals surface area contributed by atoms with Gasteiger partial charge in [-0.2, -0.15) is 0 Å². The Morgan fingerprint density at radius 3 is 1.70 bits per heavy atom. The molecule has 0 aliphatic carbocycles. The third-order valence-corrected chi connectivity index (χ3v) is 6.64. The second-order valence-electron chi connectivity index (χ2n) is 9.63. The Balaban J connectivity index is 1.53. The third-order valence-electron chi connectivity index (χ3n) is 6.64. The first-order valence-electron chi connectivity index (χ1n) is 12.4. The standard InChI is InChI=1S/C29H22O15/c30-13-7-15(31)14-9-23(44-29(41)12-4-18(34)25(38)19(35)5-12)27(42-21(14)8-13)10-1-20(36)26(39)22(6-10)43-28(40)11-2-16(32)24(37)17(33)3-11/h1-8,23,27,30-39H,9H2. The summed E-state index contributed by atoms with van der Waals surface area (Å²) >= 11 is 0. The Morgan fingerprint density at radius 2 is 1.14 bits per heavy atom. The van der Waals surface area contributed by atoms with Crippen molar-refractivity contribution in [1.82, 2.24) is 0 Å². The van der Waals surface area contributed by atoms with Crippen LogP contribution in [0.4, 0.5) is 0 Å². The molecule has 0 spiro atoms. The van der Waals surface area contributed by atoms with Crippen LogP contribution in [-0.2, 0) is 11.2 Å². The molecule has 0 saturated carbocycles. The average Bonchev–Trinajstić information content (AvgIpc) is 2.96. The fourth-order valence-corrected chi connectivity index (χ4v) is 4.50. The van der Waals surface area contributed by atoms with Crippen molar-refractivity contribution < 1.29 is 74.9 Å². The number of aromatic hydroxyl groups is 10. The summed E-state index contributed by atoms with van der Waals surface area (Å²) in [5.74, 6) is -10.7. The van der Waals surface area contributed by atoms with E-state index in [0.717, 1.165) is 48.5 Å². The molecule has 0 radical (unpaired) electrons. The van der Waals surface area contributed by atoms with Crippen LogP contribution in [0.25, 0.3) is 0 Å². The number of phenols is 10. The summed E-state index contributed by atoms with van der Waals surface area (Å²) < 4.78 is 16.6. The lowest BCUT2D eigenvalue weighted by Gasteiger charge is -2.34. The largest absolute Gasteiger partial charge is 0.508 e. The van der Waals surface area contributed by atoms with Gasteiger partial charge in [0.15, 0.2) is 52.1 Å². The minimum absolute atomic E-state index is 0.0547. The normalized spacial score (nSPS) is 15.5. The van der Waals surface area contributed by atoms with Gasteiger partial charge in [0.1, 0.15) is 23.4 Å². The molecule has 1 aliphatic rings. The first-order chi connectivity index (χ1) is 20.7. The van der Waals surface area contributed by atoms with Gasteiger partial charge in [-0.15, -0.1) is 0 Å². The molecular weight excluding hydrogens is 588 g/mol. The van der Waals surface area contributed by atoms with Crippen LogP contribution in [0, 0.1) is 0 Å². The van der Waals surface area contributed by atoms with Gasteiger partial charge in [0.2, 0.25) is 5.75 Å². The molecule has 228 valence electrons. The highest BCUT2D eigenvalue weighted by molar-refractivity contribution is 5.93. The Hall–Kier alpha value is -6.38. The lowest BCUT2D eigenvalue weighted by molar-refractivity contribution is -0.0189. The number of esters is 2. The van der Waals surface area contributed by atoms with Gasteiger partial charge in [0.25, 0.3) is 0 Å². The summed E-state index contributed by atoms with van der Waals surface area (Å²) in [6, 6.07) is 7.37. The van der Waals surface area contributed by atoms with Crippen LogP contribution in [0.5, 0.6) is 69.0 Å². The summed E-state index contributed by atoms with van der Waals surface area (Å²) in [6.07, 6.45) is -2.98. The molecule has 10 N–H and O–H groups in total. The SMILES string of the molecule is O=C(Oc1cc(C2Oc3cc(O)cc(O)c3CC2OC(=O)c2cc(O)c(O)c(O)c2)cc(O)c1O)c1cc(O)c(O)c(O)c1. The zero-order valence-corrected chi connectivity index (χ0v) is 22.0. The van der Waals surface area contributed by atoms with Crippen molar-refractivity contribution in [2.75, 3.05) is 0 Å². The number of hydrogen-bond acceptors (Lipinski definition) is 15. The highest BCUT2D eigenvalue weighted by atomic mass is 16.6. The minimum Gasteiger partial charge on any atom is -0.508 e. The van der Waals surface area contributed by atoms with E-state index in [1.54, 1.807) is 0 Å². The van der Waals surface area contributed by atoms with Crippen LogP contribution in [0.3, 0.4) is 0 Å². The molecule has 15 nitrogen and oxygen atoms in total. The highest BCUT2D eigenvalue weighted by Gasteiger charge is 2.38. The van der Waals surface area contributed by atoms with Crippen molar-refractivity contribution in [3.05, 3.63) is 70.8 Å². The van der Waals surface area contributed by atoms with E-state index < -0.39 is 87.2 Å². The Kier molecular flexibility index (Phi) is 7.14. The van der Waals surface area contributed by atoms with Gasteiger partial charge in [-0.1, -0.05) is 0 Å². The number of rotatable bonds is 5. The monoisotopic (exact) mass is 610 g/mol. The predicted octanol–water partition coefficient (Wildman–Crippen LogP) is 2.86. The number of benzene rings is 4. The first-order valence-corrected chi connectivity index (χ1v) is 12.4. The summed E-state index contributed by atoms with van der Waals surface area (Å²) in [7, 11) is 0. The lowest BCUT2D eigenvalue weighted by Crippen LogP contribution is -2.34. The fraction of sp³-hybridized carbons (Fsp3) is 0.103. The molecule has 0 fully saturated rings. The first kappa shape index (κ1) is 29.1. The topological polar surface area (TPSA) is 264 Å². The van der Waals surface area contributed by atoms with E-state index >= 15 is 0 Å². The van der Waals surface area contributed by atoms with E-state index in [9.17, 15) is 60.7 Å². The lowest BCUT2D eigenvalue weighted by atomic mass is 9.93. The number of ether oxygens (including phenoxy) is 3. The number of fused-ring (bicyclic) bond motifs is 1. The minimum atomic E-state index is -1.38. The Labute approximate surface area is 245 Å². The van der Waals surface area contributed by atoms with Gasteiger partial charge >= 0.3 is 11.9 Å². The van der Waals surface area contributed by atoms with Gasteiger partial charge in [-0.3, -0.25) is 0 Å². The molecule has 15 heteroatoms. The summed E-state index contributed by atoms with van der Waals surface area (Å²) in [4.78, 5) is 25.8. The summed E-state index contributed by atoms with van der Waals surface area (Å²) in [5, 5.41) is 99.4. The molecule has 44 heavy (non-hydrogen) atoms. The second kappa shape index (κ2) is 10.8. The molecule has 1 aliphatic heterocycles. The van der Waals surface area contributed by atoms with Gasteiger partial charge in [-0.05, 0) is 36.4 Å². The van der Waals surface area contributed by atoms with E-state index in [1.165, 1.54) is 0 Å². The predicted molar refractivity (Wildman–Crippen MR) is 144 cm³/mol. The molecule has 0 bridgehead atoms. The zero-order chi connectivity index (χ0) is 32.0. The molecule has 1 heterocycles. The van der Waals surface area contributed by atoms with Crippen LogP contribution < -0.4 is 9.47 Å². The molecule has 0 aromatic heterocycles. The second-order valence-corrected chi connectivity index (χ2v) is 9.63. The maximum Gasteiger partial charge on any atom is 0.343 e. The smallest absolute Gasteiger partial charge is 0.343 e. The van der Waals surface area contributed by atoms with Crippen molar-refractivity contribution >= 4 is 11.9 Å². The quantitative estimate of drug-likeness (QED) is 0.0884. The van der Waals surface area contributed by atoms with Crippen molar-refractivity contribution in [2.45, 2.75) is 18.6 Å². The van der Waals surface area contributed by atoms with E-state index in [2.05, 4.69) is 0 Å². The third kappa shape index (κ3) is 5.32. The van der Waals surface area contributed by atoms with E-state index in [0.29, 0.717) is 0 Å². The van der Waals surface area contributed by atoms with Gasteiger partial charge < -0.3 is 65.3 Å². The fourth-order valence-electron chi connectivity index (χ4n) is 4.50. The molecular formula is C29H22O15. The Bertz CT molecular complexity index is 1780. The molecule has 5 rings (SSSR count). The summed E-state index contributed by atoms with van der Waals surface area (Å²) in [6.45, 7) is 0. The van der Waals surface area contributed by atoms with Crippen LogP contribution in [0.1, 0.15) is 37.9 Å². The van der Waals surface area contributed by atoms with E-state index in [4.69, 9.17) is 14.2 Å². The van der Waals surface area contributed by atoms with Crippen LogP contribution >= 0.6 is 0 Å². The van der Waals surface area contributed by atoms with Crippen LogP contribution in [0.2, 0.25) is 0 Å². The van der Waals surface area contributed by atoms with Crippen molar-refractivity contribution in [1.29, 1.82) is 0 Å². The molecule has 2 unspecified atom stereocenters. The van der Waals surface area contributed by atoms with Gasteiger partial charge in [0.05, 0.1) is 11.1 Å². The van der Waals surface area contributed by atoms with E-state index in [-0.39, 0.29) is 34.6 Å². The van der Waals surface area contributed by atoms with E-state index in [1.807, 2.05) is 0 Å². The molecule has 2 atom stereocenters. The number of carbonyl (C=O) groups excluding carboxylic acids is 2. The van der Waals surface area contributed by atoms with Crippen LogP contribution in [-0.4, -0.2) is 69.1 Å². The van der Waals surface area contributed by atoms with Crippen LogP contribution in [0.15, 0.2) is 48.5 Å². The molecule has 4 aromatic carbocycles. The number of hydrogen-bond donors (Lipinski definition) is 10. The summed E-state index contributed by atoms with van der Waals surface area (Å²) in [5.41, 5.74) is -0.805. The average molecular weight is 610 g/mol. The van der Waals surface area contributed by atoms with Crippen molar-refractivity contribution in [3.8, 4) is 69.0 Å². The maximum atomic E-state index is 13.0. The number of phenolic OH excluding ortho intramolecular Hbond substituents is 10. The molecule has 4 aromatic rings. The van der Waals surface area contributed by atoms with Gasteiger partial charge in [0, 0.05) is 29.7 Å². The maximum absolute atomic E-state index is 13.0.